The van der Waals surface area contributed by atoms with Gasteiger partial charge in [-0.1, -0.05) is 19.8 Å². The third kappa shape index (κ3) is 2.89. The van der Waals surface area contributed by atoms with Crippen LogP contribution in [0.5, 0.6) is 11.5 Å². The summed E-state index contributed by atoms with van der Waals surface area (Å²) in [7, 11) is 1.69. The van der Waals surface area contributed by atoms with E-state index >= 15 is 0 Å². The summed E-state index contributed by atoms with van der Waals surface area (Å²) >= 11 is 0. The number of hydrogen-bond acceptors (Lipinski definition) is 3. The van der Waals surface area contributed by atoms with Crippen LogP contribution in [0.2, 0.25) is 0 Å². The normalized spacial score (nSPS) is 32.1. The van der Waals surface area contributed by atoms with Gasteiger partial charge in [0.2, 0.25) is 0 Å². The molecule has 1 aliphatic heterocycles. The first-order valence-corrected chi connectivity index (χ1v) is 8.28. The van der Waals surface area contributed by atoms with E-state index in [1.54, 1.807) is 7.11 Å². The van der Waals surface area contributed by atoms with Gasteiger partial charge in [0.05, 0.1) is 7.11 Å². The monoisotopic (exact) mass is 289 g/mol. The highest BCUT2D eigenvalue weighted by Gasteiger charge is 2.41. The fourth-order valence-electron chi connectivity index (χ4n) is 3.99. The Kier molecular flexibility index (Phi) is 4.12. The van der Waals surface area contributed by atoms with Gasteiger partial charge in [0.1, 0.15) is 17.1 Å². The average molecular weight is 289 g/mol. The van der Waals surface area contributed by atoms with Crippen molar-refractivity contribution < 1.29 is 9.47 Å². The van der Waals surface area contributed by atoms with Crippen molar-refractivity contribution in [3.63, 3.8) is 0 Å². The molecule has 1 heterocycles. The van der Waals surface area contributed by atoms with Gasteiger partial charge in [0.15, 0.2) is 0 Å². The molecule has 3 atom stereocenters. The van der Waals surface area contributed by atoms with Gasteiger partial charge in [-0.2, -0.15) is 0 Å². The molecule has 0 aromatic heterocycles. The molecule has 2 N–H and O–H groups in total. The van der Waals surface area contributed by atoms with Crippen LogP contribution in [0.4, 0.5) is 0 Å². The number of nitrogens with two attached hydrogens (primary N) is 1. The summed E-state index contributed by atoms with van der Waals surface area (Å²) in [6, 6.07) is 6.08. The second-order valence-electron chi connectivity index (χ2n) is 6.70. The minimum absolute atomic E-state index is 0.0368. The first-order valence-electron chi connectivity index (χ1n) is 8.28. The fraction of sp³-hybridized carbons (Fsp3) is 0.667. The molecule has 3 nitrogen and oxygen atoms in total. The summed E-state index contributed by atoms with van der Waals surface area (Å²) < 4.78 is 11.8. The molecule has 2 unspecified atom stereocenters. The lowest BCUT2D eigenvalue weighted by Crippen LogP contribution is -2.42. The summed E-state index contributed by atoms with van der Waals surface area (Å²) in [5.74, 6) is 2.68. The van der Waals surface area contributed by atoms with Crippen molar-refractivity contribution in [2.24, 2.45) is 11.7 Å². The first-order chi connectivity index (χ1) is 10.2. The molecule has 3 rings (SSSR count). The van der Waals surface area contributed by atoms with Crippen LogP contribution in [0.25, 0.3) is 0 Å². The highest BCUT2D eigenvalue weighted by atomic mass is 16.5. The third-order valence-electron chi connectivity index (χ3n) is 5.37. The third-order valence-corrected chi connectivity index (χ3v) is 5.37. The van der Waals surface area contributed by atoms with Gasteiger partial charge >= 0.3 is 0 Å². The molecule has 0 saturated heterocycles. The van der Waals surface area contributed by atoms with E-state index in [9.17, 15) is 0 Å². The minimum atomic E-state index is -0.0368. The molecular formula is C18H27NO2. The fourth-order valence-corrected chi connectivity index (χ4v) is 3.99. The first kappa shape index (κ1) is 14.7. The Morgan fingerprint density at radius 2 is 2.19 bits per heavy atom. The van der Waals surface area contributed by atoms with Crippen molar-refractivity contribution in [1.29, 1.82) is 0 Å². The zero-order valence-corrected chi connectivity index (χ0v) is 13.2. The zero-order chi connectivity index (χ0) is 14.9. The van der Waals surface area contributed by atoms with Crippen LogP contribution in [-0.4, -0.2) is 12.7 Å². The molecule has 1 aliphatic carbocycles. The van der Waals surface area contributed by atoms with Gasteiger partial charge in [-0.15, -0.1) is 0 Å². The van der Waals surface area contributed by atoms with E-state index in [-0.39, 0.29) is 11.6 Å². The molecule has 1 fully saturated rings. The summed E-state index contributed by atoms with van der Waals surface area (Å²) in [5.41, 5.74) is 7.52. The largest absolute Gasteiger partial charge is 0.497 e. The number of rotatable bonds is 2. The van der Waals surface area contributed by atoms with E-state index in [0.717, 1.165) is 42.2 Å². The van der Waals surface area contributed by atoms with E-state index in [1.807, 2.05) is 18.2 Å². The number of fused-ring (bicyclic) bond motifs is 1. The minimum Gasteiger partial charge on any atom is -0.497 e. The van der Waals surface area contributed by atoms with E-state index in [4.69, 9.17) is 15.2 Å². The van der Waals surface area contributed by atoms with Crippen LogP contribution >= 0.6 is 0 Å². The number of benzene rings is 1. The number of hydrogen-bond donors (Lipinski definition) is 1. The topological polar surface area (TPSA) is 44.5 Å². The van der Waals surface area contributed by atoms with Gasteiger partial charge in [-0.25, -0.2) is 0 Å². The maximum atomic E-state index is 6.47. The smallest absolute Gasteiger partial charge is 0.125 e. The van der Waals surface area contributed by atoms with Crippen molar-refractivity contribution >= 4 is 0 Å². The molecule has 0 amide bonds. The maximum Gasteiger partial charge on any atom is 0.125 e. The van der Waals surface area contributed by atoms with Crippen molar-refractivity contribution in [2.75, 3.05) is 7.11 Å². The molecule has 0 bridgehead atoms. The Hall–Kier alpha value is -1.22. The predicted molar refractivity (Wildman–Crippen MR) is 84.8 cm³/mol. The summed E-state index contributed by atoms with van der Waals surface area (Å²) in [6.07, 6.45) is 8.38. The molecule has 2 aliphatic rings. The van der Waals surface area contributed by atoms with Crippen LogP contribution in [0.1, 0.15) is 63.5 Å². The van der Waals surface area contributed by atoms with E-state index in [1.165, 1.54) is 25.7 Å². The second kappa shape index (κ2) is 5.88. The lowest BCUT2D eigenvalue weighted by Gasteiger charge is -2.41. The van der Waals surface area contributed by atoms with Crippen LogP contribution in [0.15, 0.2) is 18.2 Å². The summed E-state index contributed by atoms with van der Waals surface area (Å²) in [4.78, 5) is 0. The Bertz CT molecular complexity index is 502. The molecule has 116 valence electrons. The van der Waals surface area contributed by atoms with Crippen LogP contribution in [0.3, 0.4) is 0 Å². The molecular weight excluding hydrogens is 262 g/mol. The second-order valence-corrected chi connectivity index (χ2v) is 6.70. The van der Waals surface area contributed by atoms with Crippen molar-refractivity contribution in [3.05, 3.63) is 23.8 Å². The van der Waals surface area contributed by atoms with Gasteiger partial charge in [0.25, 0.3) is 0 Å². The highest BCUT2D eigenvalue weighted by molar-refractivity contribution is 5.44. The summed E-state index contributed by atoms with van der Waals surface area (Å²) in [5, 5.41) is 0. The van der Waals surface area contributed by atoms with E-state index < -0.39 is 0 Å². The average Bonchev–Trinajstić information content (AvgIpc) is 2.69. The predicted octanol–water partition coefficient (Wildman–Crippen LogP) is 4.21. The molecule has 0 radical (unpaired) electrons. The van der Waals surface area contributed by atoms with E-state index in [2.05, 4.69) is 6.92 Å². The van der Waals surface area contributed by atoms with Crippen molar-refractivity contribution in [3.8, 4) is 11.5 Å². The molecule has 3 heteroatoms. The number of methoxy groups -OCH3 is 1. The molecule has 21 heavy (non-hydrogen) atoms. The van der Waals surface area contributed by atoms with Crippen molar-refractivity contribution in [2.45, 2.75) is 63.5 Å². The molecule has 1 aromatic carbocycles. The SMILES string of the molecule is CCC1CCCC2(CC1)C[C@H](N)c1cc(OC)ccc1O2. The lowest BCUT2D eigenvalue weighted by atomic mass is 9.82. The Morgan fingerprint density at radius 3 is 2.95 bits per heavy atom. The Balaban J connectivity index is 1.84. The van der Waals surface area contributed by atoms with Crippen LogP contribution in [0, 0.1) is 5.92 Å². The van der Waals surface area contributed by atoms with Gasteiger partial charge in [-0.05, 0) is 49.8 Å². The maximum absolute atomic E-state index is 6.47. The van der Waals surface area contributed by atoms with Crippen LogP contribution in [-0.2, 0) is 0 Å². The standard InChI is InChI=1S/C18H27NO2/c1-3-13-5-4-9-18(10-8-13)12-16(19)15-11-14(20-2)6-7-17(15)21-18/h6-7,11,13,16H,3-5,8-10,12,19H2,1-2H3/t13?,16-,18?/m0/s1. The zero-order valence-electron chi connectivity index (χ0n) is 13.2. The lowest BCUT2D eigenvalue weighted by molar-refractivity contribution is 0.0202. The molecule has 1 saturated carbocycles. The Morgan fingerprint density at radius 1 is 1.33 bits per heavy atom. The van der Waals surface area contributed by atoms with Crippen molar-refractivity contribution in [1.82, 2.24) is 0 Å². The van der Waals surface area contributed by atoms with Gasteiger partial charge < -0.3 is 15.2 Å². The molecule has 1 aromatic rings. The van der Waals surface area contributed by atoms with Crippen LogP contribution < -0.4 is 15.2 Å². The van der Waals surface area contributed by atoms with Gasteiger partial charge in [-0.3, -0.25) is 0 Å². The number of ether oxygens (including phenoxy) is 2. The quantitative estimate of drug-likeness (QED) is 0.887. The highest BCUT2D eigenvalue weighted by Crippen LogP contribution is 2.46. The van der Waals surface area contributed by atoms with Gasteiger partial charge in [0, 0.05) is 18.0 Å². The molecule has 1 spiro atoms. The van der Waals surface area contributed by atoms with E-state index in [0.29, 0.717) is 0 Å². The Labute approximate surface area is 127 Å². The summed E-state index contributed by atoms with van der Waals surface area (Å²) in [6.45, 7) is 2.30.